The molecule has 3 aliphatic rings. The Bertz CT molecular complexity index is 1490. The molecule has 1 aromatic heterocycles. The number of hydrogen-bond donors (Lipinski definition) is 0. The van der Waals surface area contributed by atoms with Crippen LogP contribution in [0.2, 0.25) is 0 Å². The van der Waals surface area contributed by atoms with Crippen molar-refractivity contribution in [2.24, 2.45) is 10.4 Å². The van der Waals surface area contributed by atoms with Gasteiger partial charge in [-0.15, -0.1) is 0 Å². The summed E-state index contributed by atoms with van der Waals surface area (Å²) >= 11 is 0. The molecular weight excluding hydrogens is 501 g/mol. The number of fused-ring (bicyclic) bond motifs is 5. The summed E-state index contributed by atoms with van der Waals surface area (Å²) < 4.78 is 39.0. The van der Waals surface area contributed by atoms with Gasteiger partial charge in [0.25, 0.3) is 0 Å². The molecule has 38 heavy (non-hydrogen) atoms. The van der Waals surface area contributed by atoms with Crippen molar-refractivity contribution in [3.05, 3.63) is 84.4 Å². The van der Waals surface area contributed by atoms with Gasteiger partial charge in [0.05, 0.1) is 6.61 Å². The molecule has 3 aliphatic heterocycles. The monoisotopic (exact) mass is 531 g/mol. The summed E-state index contributed by atoms with van der Waals surface area (Å²) in [5.74, 6) is 0.669. The minimum Gasteiger partial charge on any atom is -0.449 e. The first-order chi connectivity index (χ1) is 18.5. The van der Waals surface area contributed by atoms with Crippen molar-refractivity contribution < 1.29 is 27.3 Å². The van der Waals surface area contributed by atoms with E-state index in [0.29, 0.717) is 12.5 Å². The van der Waals surface area contributed by atoms with E-state index in [-0.39, 0.29) is 29.3 Å². The molecule has 4 heterocycles. The van der Waals surface area contributed by atoms with Crippen LogP contribution in [0.5, 0.6) is 0 Å². The van der Waals surface area contributed by atoms with Crippen LogP contribution in [-0.4, -0.2) is 37.0 Å². The van der Waals surface area contributed by atoms with Crippen LogP contribution in [0, 0.1) is 5.41 Å². The third-order valence-electron chi connectivity index (χ3n) is 7.23. The second-order valence-electron chi connectivity index (χ2n) is 11.0. The molecule has 0 saturated carbocycles. The third-order valence-corrected chi connectivity index (χ3v) is 9.06. The number of aliphatic imine (C=N–C) groups is 1. The molecule has 3 aromatic carbocycles. The highest BCUT2D eigenvalue weighted by Crippen LogP contribution is 2.55. The highest BCUT2D eigenvalue weighted by atomic mass is 31.1. The molecule has 0 N–H and O–H groups in total. The predicted octanol–water partition coefficient (Wildman–Crippen LogP) is 7.51. The van der Waals surface area contributed by atoms with Crippen LogP contribution in [0.3, 0.4) is 0 Å². The van der Waals surface area contributed by atoms with Crippen molar-refractivity contribution in [1.29, 1.82) is 0 Å². The number of hydrogen-bond acceptors (Lipinski definition) is 7. The Kier molecular flexibility index (Phi) is 5.86. The summed E-state index contributed by atoms with van der Waals surface area (Å²) in [6, 6.07) is 25.8. The predicted molar refractivity (Wildman–Crippen MR) is 146 cm³/mol. The van der Waals surface area contributed by atoms with E-state index in [1.54, 1.807) is 0 Å². The SMILES string of the molecule is CC(C)(C)C1=N[C@@H]2[C@@H](O1)O[C@@H]1CO[C@@H](c3ccccc3)O[C@H]1[C@@H]2p1oc2ccccc2c2ccccc2o1. The van der Waals surface area contributed by atoms with E-state index >= 15 is 0 Å². The maximum atomic E-state index is 6.74. The third kappa shape index (κ3) is 4.15. The number of para-hydroxylation sites is 2. The standard InChI is InChI=1S/C30H30NO6P/c1-30(2,3)29-31-24-26(38-36-21-15-9-7-13-19(21)20-14-8-10-16-22(20)37-38)25-23(33-28(24)35-29)17-32-27(34-25)18-11-5-4-6-12-18/h4-16,23-28H,17H2,1-3H3/t23-,24+,25-,26-,27-,28-/m1/s1. The minimum absolute atomic E-state index is 0.261. The van der Waals surface area contributed by atoms with Crippen molar-refractivity contribution in [1.82, 2.24) is 0 Å². The lowest BCUT2D eigenvalue weighted by Gasteiger charge is -2.45. The van der Waals surface area contributed by atoms with Gasteiger partial charge in [0, 0.05) is 21.8 Å². The van der Waals surface area contributed by atoms with Gasteiger partial charge in [-0.05, 0) is 12.1 Å². The van der Waals surface area contributed by atoms with Crippen LogP contribution < -0.4 is 0 Å². The molecule has 2 fully saturated rings. The van der Waals surface area contributed by atoms with Gasteiger partial charge in [0.15, 0.2) is 12.2 Å². The molecule has 0 amide bonds. The minimum atomic E-state index is -1.56. The zero-order valence-electron chi connectivity index (χ0n) is 21.5. The molecule has 2 saturated heterocycles. The van der Waals surface area contributed by atoms with Gasteiger partial charge in [-0.1, -0.05) is 87.5 Å². The van der Waals surface area contributed by atoms with Crippen LogP contribution in [0.15, 0.2) is 92.2 Å². The van der Waals surface area contributed by atoms with Gasteiger partial charge in [0.2, 0.25) is 14.3 Å². The molecule has 0 spiro atoms. The highest BCUT2D eigenvalue weighted by Gasteiger charge is 2.56. The van der Waals surface area contributed by atoms with E-state index in [1.807, 2.05) is 66.7 Å². The Balaban J connectivity index is 1.41. The van der Waals surface area contributed by atoms with Gasteiger partial charge < -0.3 is 27.3 Å². The maximum Gasteiger partial charge on any atom is 0.225 e. The number of ether oxygens (including phenoxy) is 4. The van der Waals surface area contributed by atoms with Crippen molar-refractivity contribution in [3.8, 4) is 0 Å². The first-order valence-corrected chi connectivity index (χ1v) is 14.3. The Morgan fingerprint density at radius 2 is 1.42 bits per heavy atom. The van der Waals surface area contributed by atoms with E-state index in [0.717, 1.165) is 27.5 Å². The van der Waals surface area contributed by atoms with Crippen molar-refractivity contribution in [2.45, 2.75) is 57.3 Å². The molecule has 8 heteroatoms. The fraction of sp³-hybridized carbons (Fsp3) is 0.367. The first-order valence-electron chi connectivity index (χ1n) is 13.0. The van der Waals surface area contributed by atoms with Crippen LogP contribution in [-0.2, 0) is 18.9 Å². The lowest BCUT2D eigenvalue weighted by molar-refractivity contribution is -0.309. The average molecular weight is 532 g/mol. The molecule has 0 aliphatic carbocycles. The first kappa shape index (κ1) is 24.0. The summed E-state index contributed by atoms with van der Waals surface area (Å²) in [6.45, 7) is 6.64. The van der Waals surface area contributed by atoms with Gasteiger partial charge in [-0.2, -0.15) is 0 Å². The zero-order valence-corrected chi connectivity index (χ0v) is 22.4. The fourth-order valence-electron chi connectivity index (χ4n) is 5.35. The van der Waals surface area contributed by atoms with Gasteiger partial charge >= 0.3 is 0 Å². The Hall–Kier alpha value is -3.09. The van der Waals surface area contributed by atoms with Crippen LogP contribution >= 0.6 is 8.01 Å². The molecule has 196 valence electrons. The van der Waals surface area contributed by atoms with Crippen molar-refractivity contribution >= 4 is 35.8 Å². The number of nitrogens with zero attached hydrogens (tertiary/aromatic N) is 1. The molecule has 0 bridgehead atoms. The zero-order chi connectivity index (χ0) is 25.9. The largest absolute Gasteiger partial charge is 0.449 e. The highest BCUT2D eigenvalue weighted by molar-refractivity contribution is 7.37. The van der Waals surface area contributed by atoms with Gasteiger partial charge in [-0.25, -0.2) is 4.99 Å². The van der Waals surface area contributed by atoms with Gasteiger partial charge in [0.1, 0.15) is 35.1 Å². The molecule has 7 nitrogen and oxygen atoms in total. The van der Waals surface area contributed by atoms with E-state index in [4.69, 9.17) is 32.3 Å². The van der Waals surface area contributed by atoms with E-state index in [2.05, 4.69) is 32.9 Å². The summed E-state index contributed by atoms with van der Waals surface area (Å²) in [6.07, 6.45) is -1.79. The van der Waals surface area contributed by atoms with Crippen LogP contribution in [0.1, 0.15) is 38.3 Å². The Morgan fingerprint density at radius 3 is 2.08 bits per heavy atom. The van der Waals surface area contributed by atoms with E-state index in [1.165, 1.54) is 0 Å². The molecular formula is C30H30NO6P. The van der Waals surface area contributed by atoms with Crippen molar-refractivity contribution in [2.75, 3.05) is 6.61 Å². The van der Waals surface area contributed by atoms with Crippen molar-refractivity contribution in [3.63, 3.8) is 0 Å². The molecule has 0 radical (unpaired) electrons. The molecule has 7 rings (SSSR count). The summed E-state index contributed by atoms with van der Waals surface area (Å²) in [5.41, 5.74) is 2.00. The topological polar surface area (TPSA) is 75.6 Å². The van der Waals surface area contributed by atoms with E-state index in [9.17, 15) is 0 Å². The fourth-order valence-corrected chi connectivity index (χ4v) is 7.30. The lowest BCUT2D eigenvalue weighted by atomic mass is 9.96. The van der Waals surface area contributed by atoms with Gasteiger partial charge in [-0.3, -0.25) is 0 Å². The number of rotatable bonds is 2. The lowest BCUT2D eigenvalue weighted by Crippen LogP contribution is -2.55. The normalized spacial score (nSPS) is 28.9. The van der Waals surface area contributed by atoms with Crippen LogP contribution in [0.25, 0.3) is 21.9 Å². The quantitative estimate of drug-likeness (QED) is 0.266. The second-order valence-corrected chi connectivity index (χ2v) is 12.5. The molecule has 0 unspecified atom stereocenters. The summed E-state index contributed by atoms with van der Waals surface area (Å²) in [4.78, 5) is 5.07. The second kappa shape index (κ2) is 9.28. The molecule has 4 aromatic rings. The average Bonchev–Trinajstić information content (AvgIpc) is 3.29. The maximum absolute atomic E-state index is 6.74. The Labute approximate surface area is 221 Å². The molecule has 6 atom stereocenters. The smallest absolute Gasteiger partial charge is 0.225 e. The van der Waals surface area contributed by atoms with E-state index < -0.39 is 20.6 Å². The Morgan fingerprint density at radius 1 is 0.789 bits per heavy atom. The number of benzene rings is 3. The summed E-state index contributed by atoms with van der Waals surface area (Å²) in [7, 11) is -1.56. The summed E-state index contributed by atoms with van der Waals surface area (Å²) in [5, 5.41) is 2.01. The van der Waals surface area contributed by atoms with Crippen LogP contribution in [0.4, 0.5) is 0 Å².